The maximum absolute atomic E-state index is 13.5. The highest BCUT2D eigenvalue weighted by Crippen LogP contribution is 2.19. The standard InChI is InChI=1S/C20H19FN2O5S2/c1-28-19(25)12-23-16-8-7-15(21)11-17(16)29-20(23)22-18(24)9-10-30(26,27)13-14-5-3-2-4-6-14/h2-8,11H,9-10,12-13H2,1H3. The van der Waals surface area contributed by atoms with Gasteiger partial charge in [-0.2, -0.15) is 4.99 Å². The molecule has 0 spiro atoms. The number of carbonyl (C=O) groups excluding carboxylic acids is 2. The van der Waals surface area contributed by atoms with Crippen molar-refractivity contribution >= 4 is 43.3 Å². The summed E-state index contributed by atoms with van der Waals surface area (Å²) in [6.45, 7) is -0.208. The number of nitrogens with zero attached hydrogens (tertiary/aromatic N) is 2. The molecule has 0 unspecified atom stereocenters. The van der Waals surface area contributed by atoms with Crippen molar-refractivity contribution in [1.82, 2.24) is 4.57 Å². The van der Waals surface area contributed by atoms with E-state index in [-0.39, 0.29) is 29.3 Å². The van der Waals surface area contributed by atoms with Crippen molar-refractivity contribution in [2.24, 2.45) is 4.99 Å². The number of amides is 1. The molecule has 10 heteroatoms. The zero-order valence-corrected chi connectivity index (χ0v) is 17.7. The van der Waals surface area contributed by atoms with Crippen LogP contribution in [0.5, 0.6) is 0 Å². The second-order valence-corrected chi connectivity index (χ2v) is 9.69. The fourth-order valence-electron chi connectivity index (χ4n) is 2.78. The van der Waals surface area contributed by atoms with Crippen LogP contribution in [0.25, 0.3) is 10.2 Å². The van der Waals surface area contributed by atoms with Gasteiger partial charge in [-0.15, -0.1) is 0 Å². The first kappa shape index (κ1) is 21.8. The molecule has 0 aliphatic heterocycles. The lowest BCUT2D eigenvalue weighted by Crippen LogP contribution is -2.23. The minimum atomic E-state index is -3.49. The van der Waals surface area contributed by atoms with Crippen LogP contribution in [0.3, 0.4) is 0 Å². The van der Waals surface area contributed by atoms with E-state index in [1.165, 1.54) is 29.9 Å². The first-order valence-corrected chi connectivity index (χ1v) is 11.6. The largest absolute Gasteiger partial charge is 0.468 e. The summed E-state index contributed by atoms with van der Waals surface area (Å²) in [5.74, 6) is -2.17. The summed E-state index contributed by atoms with van der Waals surface area (Å²) in [7, 11) is -2.26. The van der Waals surface area contributed by atoms with Crippen molar-refractivity contribution in [3.05, 3.63) is 64.7 Å². The Hall–Kier alpha value is -2.85. The third-order valence-electron chi connectivity index (χ3n) is 4.24. The Labute approximate surface area is 176 Å². The van der Waals surface area contributed by atoms with Crippen molar-refractivity contribution in [1.29, 1.82) is 0 Å². The quantitative estimate of drug-likeness (QED) is 0.516. The predicted octanol–water partition coefficient (Wildman–Crippen LogP) is 2.45. The molecule has 0 aliphatic rings. The molecule has 1 aromatic heterocycles. The van der Waals surface area contributed by atoms with Gasteiger partial charge in [0.1, 0.15) is 12.4 Å². The van der Waals surface area contributed by atoms with Crippen LogP contribution in [-0.4, -0.2) is 37.7 Å². The highest BCUT2D eigenvalue weighted by Gasteiger charge is 2.16. The smallest absolute Gasteiger partial charge is 0.325 e. The first-order chi connectivity index (χ1) is 14.3. The third kappa shape index (κ3) is 5.61. The lowest BCUT2D eigenvalue weighted by Gasteiger charge is -2.04. The van der Waals surface area contributed by atoms with Crippen molar-refractivity contribution in [3.8, 4) is 0 Å². The van der Waals surface area contributed by atoms with Gasteiger partial charge in [0.25, 0.3) is 0 Å². The Bertz CT molecular complexity index is 1250. The Kier molecular flexibility index (Phi) is 6.78. The van der Waals surface area contributed by atoms with Gasteiger partial charge < -0.3 is 9.30 Å². The molecule has 0 fully saturated rings. The highest BCUT2D eigenvalue weighted by molar-refractivity contribution is 7.90. The molecular weight excluding hydrogens is 431 g/mol. The number of thiazole rings is 1. The van der Waals surface area contributed by atoms with Crippen molar-refractivity contribution in [2.75, 3.05) is 12.9 Å². The molecule has 0 N–H and O–H groups in total. The summed E-state index contributed by atoms with van der Waals surface area (Å²) in [5, 5.41) is 0. The number of methoxy groups -OCH3 is 1. The number of aromatic nitrogens is 1. The Morgan fingerprint density at radius 1 is 1.17 bits per heavy atom. The highest BCUT2D eigenvalue weighted by atomic mass is 32.2. The molecule has 1 heterocycles. The summed E-state index contributed by atoms with van der Waals surface area (Å²) in [4.78, 5) is 28.2. The zero-order chi connectivity index (χ0) is 21.7. The molecule has 0 atom stereocenters. The second-order valence-electron chi connectivity index (χ2n) is 6.49. The minimum Gasteiger partial charge on any atom is -0.468 e. The van der Waals surface area contributed by atoms with Crippen molar-refractivity contribution in [3.63, 3.8) is 0 Å². The van der Waals surface area contributed by atoms with Crippen LogP contribution in [0.1, 0.15) is 12.0 Å². The van der Waals surface area contributed by atoms with E-state index in [1.54, 1.807) is 30.3 Å². The van der Waals surface area contributed by atoms with Crippen molar-refractivity contribution < 1.29 is 27.1 Å². The number of halogens is 1. The average Bonchev–Trinajstić information content (AvgIpc) is 3.02. The second kappa shape index (κ2) is 9.31. The van der Waals surface area contributed by atoms with Crippen LogP contribution in [0.2, 0.25) is 0 Å². The van der Waals surface area contributed by atoms with Gasteiger partial charge in [-0.25, -0.2) is 12.8 Å². The molecule has 158 valence electrons. The van der Waals surface area contributed by atoms with Gasteiger partial charge in [0.05, 0.1) is 28.8 Å². The molecule has 0 radical (unpaired) electrons. The minimum absolute atomic E-state index is 0.161. The summed E-state index contributed by atoms with van der Waals surface area (Å²) < 4.78 is 44.7. The van der Waals surface area contributed by atoms with Crippen LogP contribution in [0, 0.1) is 5.82 Å². The summed E-state index contributed by atoms with van der Waals surface area (Å²) in [6, 6.07) is 12.7. The lowest BCUT2D eigenvalue weighted by molar-refractivity contribution is -0.141. The van der Waals surface area contributed by atoms with Crippen LogP contribution in [0.4, 0.5) is 4.39 Å². The lowest BCUT2D eigenvalue weighted by atomic mass is 10.2. The Morgan fingerprint density at radius 3 is 2.60 bits per heavy atom. The number of fused-ring (bicyclic) bond motifs is 1. The third-order valence-corrected chi connectivity index (χ3v) is 6.88. The first-order valence-electron chi connectivity index (χ1n) is 8.95. The van der Waals surface area contributed by atoms with E-state index in [2.05, 4.69) is 9.73 Å². The summed E-state index contributed by atoms with van der Waals surface area (Å²) in [6.07, 6.45) is -0.296. The molecule has 2 aromatic carbocycles. The fraction of sp³-hybridized carbons (Fsp3) is 0.250. The molecule has 3 aromatic rings. The van der Waals surface area contributed by atoms with Gasteiger partial charge in [-0.1, -0.05) is 41.7 Å². The van der Waals surface area contributed by atoms with E-state index in [1.807, 2.05) is 0 Å². The van der Waals surface area contributed by atoms with Gasteiger partial charge in [0.2, 0.25) is 5.91 Å². The number of esters is 1. The number of carbonyl (C=O) groups is 2. The maximum atomic E-state index is 13.5. The molecule has 7 nitrogen and oxygen atoms in total. The van der Waals surface area contributed by atoms with E-state index < -0.39 is 27.5 Å². The normalized spacial score (nSPS) is 12.3. The fourth-order valence-corrected chi connectivity index (χ4v) is 5.19. The average molecular weight is 451 g/mol. The number of sulfone groups is 1. The van der Waals surface area contributed by atoms with E-state index in [4.69, 9.17) is 0 Å². The summed E-state index contributed by atoms with van der Waals surface area (Å²) >= 11 is 1.03. The van der Waals surface area contributed by atoms with E-state index >= 15 is 0 Å². The maximum Gasteiger partial charge on any atom is 0.325 e. The number of rotatable bonds is 7. The van der Waals surface area contributed by atoms with Gasteiger partial charge in [-0.05, 0) is 23.8 Å². The van der Waals surface area contributed by atoms with Crippen LogP contribution in [-0.2, 0) is 36.5 Å². The Balaban J connectivity index is 1.82. The molecule has 0 saturated carbocycles. The number of hydrogen-bond acceptors (Lipinski definition) is 6. The van der Waals surface area contributed by atoms with Crippen LogP contribution >= 0.6 is 11.3 Å². The van der Waals surface area contributed by atoms with E-state index in [0.29, 0.717) is 15.8 Å². The predicted molar refractivity (Wildman–Crippen MR) is 111 cm³/mol. The number of hydrogen-bond donors (Lipinski definition) is 0. The monoisotopic (exact) mass is 450 g/mol. The molecular formula is C20H19FN2O5S2. The number of benzene rings is 2. The Morgan fingerprint density at radius 2 is 1.90 bits per heavy atom. The molecule has 0 saturated heterocycles. The van der Waals surface area contributed by atoms with Crippen molar-refractivity contribution in [2.45, 2.75) is 18.7 Å². The molecule has 1 amide bonds. The van der Waals surface area contributed by atoms with Gasteiger partial charge in [-0.3, -0.25) is 9.59 Å². The SMILES string of the molecule is COC(=O)Cn1c(=NC(=O)CCS(=O)(=O)Cc2ccccc2)sc2cc(F)ccc21. The topological polar surface area (TPSA) is 94.8 Å². The van der Waals surface area contributed by atoms with Gasteiger partial charge in [0.15, 0.2) is 14.6 Å². The van der Waals surface area contributed by atoms with E-state index in [9.17, 15) is 22.4 Å². The number of ether oxygens (including phenoxy) is 1. The molecule has 0 aliphatic carbocycles. The van der Waals surface area contributed by atoms with Gasteiger partial charge in [0, 0.05) is 6.42 Å². The molecule has 0 bridgehead atoms. The summed E-state index contributed by atoms with van der Waals surface area (Å²) in [5.41, 5.74) is 1.17. The van der Waals surface area contributed by atoms with Gasteiger partial charge >= 0.3 is 5.97 Å². The zero-order valence-electron chi connectivity index (χ0n) is 16.1. The molecule has 3 rings (SSSR count). The van der Waals surface area contributed by atoms with E-state index in [0.717, 1.165) is 11.3 Å². The molecule has 30 heavy (non-hydrogen) atoms. The van der Waals surface area contributed by atoms with Crippen LogP contribution < -0.4 is 4.80 Å². The van der Waals surface area contributed by atoms with Crippen LogP contribution in [0.15, 0.2) is 53.5 Å².